The first-order valence-corrected chi connectivity index (χ1v) is 17.4. The SMILES string of the molecule is CCC[CH2][Sn](/[CH]=C/C=C(\C)CBr)([CH2]CCC)[CH2]CCC. The molecule has 0 spiro atoms. The van der Waals surface area contributed by atoms with E-state index in [4.69, 9.17) is 0 Å². The fourth-order valence-corrected chi connectivity index (χ4v) is 16.9. The second-order valence-corrected chi connectivity index (χ2v) is 19.7. The van der Waals surface area contributed by atoms with Gasteiger partial charge in [-0.15, -0.1) is 0 Å². The van der Waals surface area contributed by atoms with Crippen LogP contribution in [0.3, 0.4) is 0 Å². The van der Waals surface area contributed by atoms with Gasteiger partial charge in [-0.25, -0.2) is 0 Å². The van der Waals surface area contributed by atoms with Gasteiger partial charge in [0.05, 0.1) is 0 Å². The van der Waals surface area contributed by atoms with Crippen molar-refractivity contribution >= 4 is 34.3 Å². The molecule has 0 fully saturated rings. The summed E-state index contributed by atoms with van der Waals surface area (Å²) in [5, 5.41) is 0.999. The van der Waals surface area contributed by atoms with Gasteiger partial charge in [0.25, 0.3) is 0 Å². The maximum absolute atomic E-state index is 3.54. The van der Waals surface area contributed by atoms with E-state index in [9.17, 15) is 0 Å². The Labute approximate surface area is 140 Å². The quantitative estimate of drug-likeness (QED) is 0.167. The summed E-state index contributed by atoms with van der Waals surface area (Å²) in [6, 6.07) is 0. The first-order chi connectivity index (χ1) is 9.64. The van der Waals surface area contributed by atoms with Gasteiger partial charge in [-0.05, 0) is 0 Å². The van der Waals surface area contributed by atoms with Gasteiger partial charge in [-0.1, -0.05) is 0 Å². The van der Waals surface area contributed by atoms with Gasteiger partial charge in [-0.2, -0.15) is 0 Å². The van der Waals surface area contributed by atoms with Crippen LogP contribution >= 0.6 is 15.9 Å². The van der Waals surface area contributed by atoms with Crippen LogP contribution < -0.4 is 0 Å². The van der Waals surface area contributed by atoms with Crippen LogP contribution in [0.15, 0.2) is 21.8 Å². The van der Waals surface area contributed by atoms with Crippen molar-refractivity contribution in [2.45, 2.75) is 79.5 Å². The summed E-state index contributed by atoms with van der Waals surface area (Å²) >= 11 is 1.52. The van der Waals surface area contributed by atoms with Crippen molar-refractivity contribution in [2.24, 2.45) is 0 Å². The summed E-state index contributed by atoms with van der Waals surface area (Å²) in [5.74, 6) is 0. The van der Waals surface area contributed by atoms with Crippen LogP contribution in [0.5, 0.6) is 0 Å². The molecule has 0 saturated carbocycles. The first kappa shape index (κ1) is 20.8. The van der Waals surface area contributed by atoms with Gasteiger partial charge in [0.1, 0.15) is 0 Å². The Kier molecular flexibility index (Phi) is 13.9. The average Bonchev–Trinajstić information content (AvgIpc) is 2.48. The van der Waals surface area contributed by atoms with Crippen LogP contribution in [0.4, 0.5) is 0 Å². The summed E-state index contributed by atoms with van der Waals surface area (Å²) < 4.78 is 7.45. The molecule has 2 heteroatoms. The Morgan fingerprint density at radius 3 is 1.70 bits per heavy atom. The molecular formula is C18H35BrSn. The zero-order valence-corrected chi connectivity index (χ0v) is 18.6. The predicted molar refractivity (Wildman–Crippen MR) is 102 cm³/mol. The van der Waals surface area contributed by atoms with E-state index in [0.29, 0.717) is 0 Å². The van der Waals surface area contributed by atoms with Crippen molar-refractivity contribution in [3.05, 3.63) is 21.8 Å². The summed E-state index contributed by atoms with van der Waals surface area (Å²) in [5.41, 5.74) is 1.43. The van der Waals surface area contributed by atoms with E-state index >= 15 is 0 Å². The number of unbranched alkanes of at least 4 members (excludes halogenated alkanes) is 3. The molecule has 0 rings (SSSR count). The Bertz CT molecular complexity index is 259. The first-order valence-electron chi connectivity index (χ1n) is 8.55. The number of rotatable bonds is 12. The third kappa shape index (κ3) is 9.65. The summed E-state index contributed by atoms with van der Waals surface area (Å²) in [4.78, 5) is 0. The molecule has 0 atom stereocenters. The van der Waals surface area contributed by atoms with E-state index in [0.717, 1.165) is 5.33 Å². The summed E-state index contributed by atoms with van der Waals surface area (Å²) in [6.07, 6.45) is 13.2. The van der Waals surface area contributed by atoms with E-state index in [2.05, 4.69) is 59.9 Å². The minimum absolute atomic E-state index is 0.999. The molecule has 0 unspecified atom stereocenters. The van der Waals surface area contributed by atoms with Crippen LogP contribution in [0.1, 0.15) is 66.2 Å². The summed E-state index contributed by atoms with van der Waals surface area (Å²) in [6.45, 7) is 9.24. The normalized spacial score (nSPS) is 13.3. The van der Waals surface area contributed by atoms with Crippen LogP contribution in [0.25, 0.3) is 0 Å². The number of hydrogen-bond acceptors (Lipinski definition) is 0. The molecule has 0 nitrogen and oxygen atoms in total. The topological polar surface area (TPSA) is 0 Å². The van der Waals surface area contributed by atoms with Crippen molar-refractivity contribution in [1.29, 1.82) is 0 Å². The Balaban J connectivity index is 4.91. The molecule has 0 radical (unpaired) electrons. The molecule has 0 aromatic carbocycles. The molecular weight excluding hydrogens is 415 g/mol. The molecule has 20 heavy (non-hydrogen) atoms. The second-order valence-electron chi connectivity index (χ2n) is 6.18. The predicted octanol–water partition coefficient (Wildman–Crippen LogP) is 7.27. The molecule has 0 aliphatic heterocycles. The fourth-order valence-electron chi connectivity index (χ4n) is 2.67. The molecule has 118 valence electrons. The van der Waals surface area contributed by atoms with E-state index in [-0.39, 0.29) is 0 Å². The molecule has 0 aliphatic carbocycles. The van der Waals surface area contributed by atoms with Crippen LogP contribution in [0, 0.1) is 0 Å². The molecule has 0 aliphatic rings. The second kappa shape index (κ2) is 13.4. The van der Waals surface area contributed by atoms with Crippen molar-refractivity contribution in [3.63, 3.8) is 0 Å². The van der Waals surface area contributed by atoms with Gasteiger partial charge < -0.3 is 0 Å². The zero-order chi connectivity index (χ0) is 15.3. The van der Waals surface area contributed by atoms with Gasteiger partial charge in [0.2, 0.25) is 0 Å². The van der Waals surface area contributed by atoms with E-state index in [1.54, 1.807) is 13.3 Å². The number of halogens is 1. The zero-order valence-electron chi connectivity index (χ0n) is 14.2. The fraction of sp³-hybridized carbons (Fsp3) is 0.778. The van der Waals surface area contributed by atoms with Gasteiger partial charge in [-0.3, -0.25) is 0 Å². The molecule has 0 bridgehead atoms. The Hall–Kier alpha value is 0.759. The third-order valence-electron chi connectivity index (χ3n) is 4.13. The van der Waals surface area contributed by atoms with Gasteiger partial charge in [0, 0.05) is 0 Å². The number of hydrogen-bond donors (Lipinski definition) is 0. The molecule has 0 aromatic rings. The minimum atomic E-state index is -2.01. The average molecular weight is 450 g/mol. The van der Waals surface area contributed by atoms with E-state index in [1.807, 2.05) is 0 Å². The van der Waals surface area contributed by atoms with Gasteiger partial charge >= 0.3 is 141 Å². The third-order valence-corrected chi connectivity index (χ3v) is 19.1. The molecule has 0 aromatic heterocycles. The molecule has 0 saturated heterocycles. The van der Waals surface area contributed by atoms with Crippen LogP contribution in [-0.2, 0) is 0 Å². The summed E-state index contributed by atoms with van der Waals surface area (Å²) in [7, 11) is 0. The van der Waals surface area contributed by atoms with E-state index < -0.39 is 18.4 Å². The van der Waals surface area contributed by atoms with Crippen LogP contribution in [0.2, 0.25) is 13.3 Å². The molecule has 0 heterocycles. The van der Waals surface area contributed by atoms with Gasteiger partial charge in [0.15, 0.2) is 0 Å². The molecule has 0 N–H and O–H groups in total. The van der Waals surface area contributed by atoms with Crippen molar-refractivity contribution in [3.8, 4) is 0 Å². The number of alkyl halides is 1. The van der Waals surface area contributed by atoms with Crippen molar-refractivity contribution < 1.29 is 0 Å². The van der Waals surface area contributed by atoms with Crippen molar-refractivity contribution in [2.75, 3.05) is 5.33 Å². The van der Waals surface area contributed by atoms with E-state index in [1.165, 1.54) is 44.1 Å². The van der Waals surface area contributed by atoms with Crippen LogP contribution in [-0.4, -0.2) is 23.7 Å². The Morgan fingerprint density at radius 1 is 0.900 bits per heavy atom. The number of allylic oxidation sites excluding steroid dienone is 3. The monoisotopic (exact) mass is 450 g/mol. The Morgan fingerprint density at radius 2 is 1.35 bits per heavy atom. The maximum atomic E-state index is 3.54. The standard InChI is InChI=1S/C6H8Br.3C4H9.Sn/c1-3-4-6(2)5-7;3*1-3-4-2;/h1,3-4H,5H2,2H3;3*1,3-4H2,2H3;/b3-1?,6-4+;;;;. The van der Waals surface area contributed by atoms with Crippen molar-refractivity contribution in [1.82, 2.24) is 0 Å². The molecule has 0 amide bonds.